The monoisotopic (exact) mass is 243 g/mol. The second-order valence-corrected chi connectivity index (χ2v) is 4.94. The summed E-state index contributed by atoms with van der Waals surface area (Å²) in [6, 6.07) is 0. The lowest BCUT2D eigenvalue weighted by Gasteiger charge is -2.11. The van der Waals surface area contributed by atoms with Crippen LogP contribution in [0.25, 0.3) is 0 Å². The van der Waals surface area contributed by atoms with Crippen LogP contribution in [-0.4, -0.2) is 37.4 Å². The van der Waals surface area contributed by atoms with Gasteiger partial charge in [0.1, 0.15) is 0 Å². The van der Waals surface area contributed by atoms with E-state index >= 15 is 0 Å². The van der Waals surface area contributed by atoms with E-state index < -0.39 is 6.10 Å². The van der Waals surface area contributed by atoms with E-state index in [2.05, 4.69) is 5.32 Å². The highest BCUT2D eigenvalue weighted by atomic mass is 16.5. The molecule has 1 saturated carbocycles. The Morgan fingerprint density at radius 1 is 1.47 bits per heavy atom. The molecule has 17 heavy (non-hydrogen) atoms. The smallest absolute Gasteiger partial charge is 0.220 e. The minimum absolute atomic E-state index is 0.113. The Balaban J connectivity index is 1.97. The van der Waals surface area contributed by atoms with Crippen molar-refractivity contribution >= 4 is 5.91 Å². The third-order valence-electron chi connectivity index (χ3n) is 3.41. The molecule has 0 saturated heterocycles. The van der Waals surface area contributed by atoms with Crippen LogP contribution in [0.2, 0.25) is 0 Å². The lowest BCUT2D eigenvalue weighted by molar-refractivity contribution is -0.121. The van der Waals surface area contributed by atoms with Gasteiger partial charge in [-0.05, 0) is 18.8 Å². The summed E-state index contributed by atoms with van der Waals surface area (Å²) in [4.78, 5) is 11.5. The summed E-state index contributed by atoms with van der Waals surface area (Å²) in [5, 5.41) is 12.2. The van der Waals surface area contributed by atoms with Gasteiger partial charge >= 0.3 is 0 Å². The first kappa shape index (κ1) is 14.5. The topological polar surface area (TPSA) is 58.6 Å². The molecule has 1 unspecified atom stereocenters. The molecule has 0 spiro atoms. The fourth-order valence-electron chi connectivity index (χ4n) is 2.38. The first-order chi connectivity index (χ1) is 8.22. The van der Waals surface area contributed by atoms with Crippen LogP contribution in [-0.2, 0) is 9.53 Å². The van der Waals surface area contributed by atoms with Crippen LogP contribution >= 0.6 is 0 Å². The number of carbonyl (C=O) groups excluding carboxylic acids is 1. The molecule has 0 aliphatic heterocycles. The predicted octanol–water partition coefficient (Wildman–Crippen LogP) is 1.47. The average Bonchev–Trinajstić information content (AvgIpc) is 2.79. The number of carbonyl (C=O) groups is 1. The molecule has 0 aromatic carbocycles. The Labute approximate surface area is 104 Å². The Morgan fingerprint density at radius 3 is 2.82 bits per heavy atom. The number of aliphatic hydroxyl groups is 1. The predicted molar refractivity (Wildman–Crippen MR) is 66.7 cm³/mol. The minimum atomic E-state index is -0.477. The molecule has 2 N–H and O–H groups in total. The van der Waals surface area contributed by atoms with E-state index in [1.165, 1.54) is 25.7 Å². The quantitative estimate of drug-likeness (QED) is 0.678. The Hall–Kier alpha value is -0.610. The molecule has 4 nitrogen and oxygen atoms in total. The Bertz CT molecular complexity index is 215. The van der Waals surface area contributed by atoms with Crippen molar-refractivity contribution < 1.29 is 14.6 Å². The van der Waals surface area contributed by atoms with E-state index in [9.17, 15) is 9.90 Å². The summed E-state index contributed by atoms with van der Waals surface area (Å²) in [6.07, 6.45) is 6.97. The number of hydrogen-bond donors (Lipinski definition) is 2. The normalized spacial score (nSPS) is 18.2. The summed E-state index contributed by atoms with van der Waals surface area (Å²) in [7, 11) is 1.56. The molecule has 1 aliphatic carbocycles. The van der Waals surface area contributed by atoms with Gasteiger partial charge in [-0.25, -0.2) is 0 Å². The van der Waals surface area contributed by atoms with Gasteiger partial charge in [0.15, 0.2) is 0 Å². The number of amides is 1. The highest BCUT2D eigenvalue weighted by Gasteiger charge is 2.16. The zero-order valence-electron chi connectivity index (χ0n) is 10.8. The molecule has 0 aromatic rings. The lowest BCUT2D eigenvalue weighted by Crippen LogP contribution is -2.28. The van der Waals surface area contributed by atoms with Crippen molar-refractivity contribution in [1.82, 2.24) is 5.32 Å². The van der Waals surface area contributed by atoms with Gasteiger partial charge in [0, 0.05) is 20.1 Å². The highest BCUT2D eigenvalue weighted by Crippen LogP contribution is 2.28. The fourth-order valence-corrected chi connectivity index (χ4v) is 2.38. The number of rotatable bonds is 8. The summed E-state index contributed by atoms with van der Waals surface area (Å²) in [5.41, 5.74) is 0. The maximum absolute atomic E-state index is 11.5. The van der Waals surface area contributed by atoms with E-state index in [1.807, 2.05) is 0 Å². The Morgan fingerprint density at radius 2 is 2.18 bits per heavy atom. The molecule has 100 valence electrons. The standard InChI is InChI=1S/C13H25NO3/c1-17-10-12(15)8-9-14-13(16)7-6-11-4-2-3-5-11/h11-12,15H,2-10H2,1H3,(H,14,16). The molecular weight excluding hydrogens is 218 g/mol. The summed E-state index contributed by atoms with van der Waals surface area (Å²) in [5.74, 6) is 0.876. The van der Waals surface area contributed by atoms with Crippen LogP contribution in [0.15, 0.2) is 0 Å². The second-order valence-electron chi connectivity index (χ2n) is 4.94. The van der Waals surface area contributed by atoms with E-state index in [0.717, 1.165) is 12.3 Å². The number of methoxy groups -OCH3 is 1. The summed E-state index contributed by atoms with van der Waals surface area (Å²) < 4.78 is 4.81. The SMILES string of the molecule is COCC(O)CCNC(=O)CCC1CCCC1. The van der Waals surface area contributed by atoms with Crippen LogP contribution in [0.3, 0.4) is 0 Å². The van der Waals surface area contributed by atoms with Crippen molar-refractivity contribution in [1.29, 1.82) is 0 Å². The van der Waals surface area contributed by atoms with Crippen LogP contribution in [0.5, 0.6) is 0 Å². The lowest BCUT2D eigenvalue weighted by atomic mass is 10.0. The molecule has 1 amide bonds. The Kier molecular flexibility index (Phi) is 7.21. The fraction of sp³-hybridized carbons (Fsp3) is 0.923. The maximum atomic E-state index is 11.5. The van der Waals surface area contributed by atoms with Crippen LogP contribution < -0.4 is 5.32 Å². The summed E-state index contributed by atoms with van der Waals surface area (Å²) in [6.45, 7) is 0.867. The maximum Gasteiger partial charge on any atom is 0.220 e. The molecule has 0 radical (unpaired) electrons. The van der Waals surface area contributed by atoms with Crippen LogP contribution in [0.4, 0.5) is 0 Å². The van der Waals surface area contributed by atoms with E-state index in [4.69, 9.17) is 4.74 Å². The number of aliphatic hydroxyl groups excluding tert-OH is 1. The molecule has 1 aliphatic rings. The van der Waals surface area contributed by atoms with Crippen LogP contribution in [0.1, 0.15) is 44.9 Å². The van der Waals surface area contributed by atoms with Crippen molar-refractivity contribution in [3.63, 3.8) is 0 Å². The number of nitrogens with one attached hydrogen (secondary N) is 1. The van der Waals surface area contributed by atoms with Gasteiger partial charge in [-0.1, -0.05) is 25.7 Å². The van der Waals surface area contributed by atoms with E-state index in [0.29, 0.717) is 26.0 Å². The van der Waals surface area contributed by atoms with Crippen molar-refractivity contribution in [3.8, 4) is 0 Å². The first-order valence-electron chi connectivity index (χ1n) is 6.66. The van der Waals surface area contributed by atoms with Crippen molar-refractivity contribution in [2.24, 2.45) is 5.92 Å². The number of ether oxygens (including phenoxy) is 1. The van der Waals surface area contributed by atoms with Gasteiger partial charge in [-0.3, -0.25) is 4.79 Å². The van der Waals surface area contributed by atoms with Crippen LogP contribution in [0, 0.1) is 5.92 Å². The third-order valence-corrected chi connectivity index (χ3v) is 3.41. The number of hydrogen-bond acceptors (Lipinski definition) is 3. The largest absolute Gasteiger partial charge is 0.391 e. The minimum Gasteiger partial charge on any atom is -0.391 e. The van der Waals surface area contributed by atoms with Gasteiger partial charge in [0.05, 0.1) is 12.7 Å². The van der Waals surface area contributed by atoms with Gasteiger partial charge in [0.25, 0.3) is 0 Å². The molecule has 0 aromatic heterocycles. The molecule has 1 atom stereocenters. The zero-order valence-corrected chi connectivity index (χ0v) is 10.8. The molecular formula is C13H25NO3. The van der Waals surface area contributed by atoms with Crippen molar-refractivity contribution in [2.45, 2.75) is 51.0 Å². The van der Waals surface area contributed by atoms with Gasteiger partial charge in [0.2, 0.25) is 5.91 Å². The zero-order chi connectivity index (χ0) is 12.5. The van der Waals surface area contributed by atoms with Crippen molar-refractivity contribution in [3.05, 3.63) is 0 Å². The first-order valence-corrected chi connectivity index (χ1v) is 6.66. The highest BCUT2D eigenvalue weighted by molar-refractivity contribution is 5.75. The van der Waals surface area contributed by atoms with Crippen molar-refractivity contribution in [2.75, 3.05) is 20.3 Å². The average molecular weight is 243 g/mol. The third kappa shape index (κ3) is 6.64. The second kappa shape index (κ2) is 8.48. The summed E-state index contributed by atoms with van der Waals surface area (Å²) >= 11 is 0. The molecule has 0 heterocycles. The molecule has 1 rings (SSSR count). The van der Waals surface area contributed by atoms with Gasteiger partial charge in [-0.15, -0.1) is 0 Å². The van der Waals surface area contributed by atoms with E-state index in [-0.39, 0.29) is 5.91 Å². The van der Waals surface area contributed by atoms with Gasteiger partial charge < -0.3 is 15.2 Å². The molecule has 4 heteroatoms. The van der Waals surface area contributed by atoms with E-state index in [1.54, 1.807) is 7.11 Å². The van der Waals surface area contributed by atoms with Gasteiger partial charge in [-0.2, -0.15) is 0 Å². The molecule has 0 bridgehead atoms. The molecule has 1 fully saturated rings.